The number of hydrogen-bond donors (Lipinski definition) is 3. The zero-order valence-electron chi connectivity index (χ0n) is 32.7. The van der Waals surface area contributed by atoms with E-state index in [-0.39, 0.29) is 19.4 Å². The number of rotatable bonds is 36. The first kappa shape index (κ1) is 50.4. The quantitative estimate of drug-likeness (QED) is 0.0243. The molecule has 0 aliphatic rings. The number of phosphoric acid groups is 1. The molecule has 0 spiro atoms. The van der Waals surface area contributed by atoms with E-state index in [4.69, 9.17) is 19.1 Å². The van der Waals surface area contributed by atoms with Crippen LogP contribution in [0.15, 0.2) is 72.9 Å². The molecule has 53 heavy (non-hydrogen) atoms. The lowest BCUT2D eigenvalue weighted by atomic mass is 10.1. The third-order valence-corrected chi connectivity index (χ3v) is 8.80. The van der Waals surface area contributed by atoms with E-state index in [1.54, 1.807) is 0 Å². The van der Waals surface area contributed by atoms with Gasteiger partial charge in [0.05, 0.1) is 19.8 Å². The second-order valence-corrected chi connectivity index (χ2v) is 14.4. The van der Waals surface area contributed by atoms with Gasteiger partial charge in [0.2, 0.25) is 0 Å². The summed E-state index contributed by atoms with van der Waals surface area (Å²) in [5, 5.41) is 18.3. The topological polar surface area (TPSA) is 149 Å². The van der Waals surface area contributed by atoms with Crippen LogP contribution in [-0.4, -0.2) is 65.7 Å². The van der Waals surface area contributed by atoms with Crippen molar-refractivity contribution in [2.45, 2.75) is 154 Å². The Balaban J connectivity index is 4.46. The minimum absolute atomic E-state index is 0.152. The van der Waals surface area contributed by atoms with Gasteiger partial charge < -0.3 is 24.6 Å². The van der Waals surface area contributed by atoms with Crippen LogP contribution < -0.4 is 0 Å². The molecular weight excluding hydrogens is 695 g/mol. The number of aliphatic hydroxyl groups is 2. The van der Waals surface area contributed by atoms with Crippen LogP contribution in [-0.2, 0) is 32.7 Å². The standard InChI is InChI=1S/C42H71O10P/c1-3-5-7-9-11-13-15-17-19-21-23-25-27-29-31-33-41(45)49-37-40(38-51-53(47,48)50-36-39(44)35-43)52-42(46)34-32-30-28-26-24-22-20-18-16-14-12-10-8-6-4-2/h6,8,11-14,17-20,23,25,39-40,43-44H,3-5,7,9-10,15-16,21-22,24,26-38H2,1-2H3,(H,47,48)/b8-6-,13-11-,14-12-,19-17-,20-18-,25-23-/t39-,40+/m0/s1. The molecule has 10 nitrogen and oxygen atoms in total. The third-order valence-electron chi connectivity index (χ3n) is 7.84. The van der Waals surface area contributed by atoms with E-state index in [9.17, 15) is 24.2 Å². The van der Waals surface area contributed by atoms with Crippen molar-refractivity contribution in [1.29, 1.82) is 0 Å². The Morgan fingerprint density at radius 1 is 0.585 bits per heavy atom. The molecule has 0 fully saturated rings. The Morgan fingerprint density at radius 2 is 1.04 bits per heavy atom. The molecule has 3 N–H and O–H groups in total. The van der Waals surface area contributed by atoms with Gasteiger partial charge in [-0.2, -0.15) is 0 Å². The number of carbonyl (C=O) groups excluding carboxylic acids is 2. The molecule has 0 aliphatic heterocycles. The number of esters is 2. The first-order valence-corrected chi connectivity index (χ1v) is 21.4. The van der Waals surface area contributed by atoms with E-state index >= 15 is 0 Å². The Morgan fingerprint density at radius 3 is 1.60 bits per heavy atom. The monoisotopic (exact) mass is 766 g/mol. The summed E-state index contributed by atoms with van der Waals surface area (Å²) in [5.41, 5.74) is 0. The van der Waals surface area contributed by atoms with E-state index in [0.29, 0.717) is 12.8 Å². The Hall–Kier alpha value is -2.59. The lowest BCUT2D eigenvalue weighted by Gasteiger charge is -2.20. The van der Waals surface area contributed by atoms with Crippen LogP contribution in [0, 0.1) is 0 Å². The van der Waals surface area contributed by atoms with Gasteiger partial charge in [0, 0.05) is 12.8 Å². The SMILES string of the molecule is CC/C=C\C/C=C\C/C=C\CCCCCCCC(=O)O[C@H](COC(=O)CCCC/C=C\C/C=C\C/C=C\CCCCC)COP(=O)(O)OC[C@@H](O)CO. The van der Waals surface area contributed by atoms with Crippen LogP contribution in [0.25, 0.3) is 0 Å². The third kappa shape index (κ3) is 37.5. The van der Waals surface area contributed by atoms with Crippen molar-refractivity contribution in [1.82, 2.24) is 0 Å². The molecule has 1 unspecified atom stereocenters. The molecule has 304 valence electrons. The van der Waals surface area contributed by atoms with Crippen molar-refractivity contribution >= 4 is 19.8 Å². The second-order valence-electron chi connectivity index (χ2n) is 12.9. The lowest BCUT2D eigenvalue weighted by molar-refractivity contribution is -0.161. The predicted octanol–water partition coefficient (Wildman–Crippen LogP) is 10.1. The van der Waals surface area contributed by atoms with Crippen molar-refractivity contribution in [3.8, 4) is 0 Å². The molecule has 0 heterocycles. The van der Waals surface area contributed by atoms with Crippen molar-refractivity contribution < 1.29 is 47.8 Å². The maximum absolute atomic E-state index is 12.6. The molecule has 0 rings (SSSR count). The molecule has 0 radical (unpaired) electrons. The molecule has 0 aliphatic carbocycles. The van der Waals surface area contributed by atoms with E-state index in [1.165, 1.54) is 19.3 Å². The van der Waals surface area contributed by atoms with Gasteiger partial charge in [-0.3, -0.25) is 18.6 Å². The second kappa shape index (κ2) is 37.7. The van der Waals surface area contributed by atoms with Gasteiger partial charge in [0.15, 0.2) is 6.10 Å². The van der Waals surface area contributed by atoms with Crippen LogP contribution in [0.4, 0.5) is 0 Å². The van der Waals surface area contributed by atoms with Gasteiger partial charge in [-0.25, -0.2) is 4.57 Å². The van der Waals surface area contributed by atoms with E-state index in [1.807, 2.05) is 0 Å². The zero-order chi connectivity index (χ0) is 39.1. The van der Waals surface area contributed by atoms with Crippen molar-refractivity contribution in [2.75, 3.05) is 26.4 Å². The highest BCUT2D eigenvalue weighted by Gasteiger charge is 2.27. The summed E-state index contributed by atoms with van der Waals surface area (Å²) in [6.07, 6.45) is 41.6. The van der Waals surface area contributed by atoms with Gasteiger partial charge in [0.1, 0.15) is 12.7 Å². The summed E-state index contributed by atoms with van der Waals surface area (Å²) in [4.78, 5) is 34.9. The van der Waals surface area contributed by atoms with Crippen molar-refractivity contribution in [3.05, 3.63) is 72.9 Å². The Bertz CT molecular complexity index is 1110. The fourth-order valence-corrected chi connectivity index (χ4v) is 5.57. The number of allylic oxidation sites excluding steroid dienone is 12. The summed E-state index contributed by atoms with van der Waals surface area (Å²) in [5.74, 6) is -0.998. The summed E-state index contributed by atoms with van der Waals surface area (Å²) in [7, 11) is -4.63. The average Bonchev–Trinajstić information content (AvgIpc) is 3.14. The number of phosphoric ester groups is 1. The first-order valence-electron chi connectivity index (χ1n) is 19.9. The molecule has 0 aromatic rings. The number of hydrogen-bond acceptors (Lipinski definition) is 9. The molecule has 0 amide bonds. The summed E-state index contributed by atoms with van der Waals surface area (Å²) >= 11 is 0. The van der Waals surface area contributed by atoms with Crippen LogP contribution in [0.3, 0.4) is 0 Å². The van der Waals surface area contributed by atoms with E-state index in [2.05, 4.69) is 91.3 Å². The summed E-state index contributed by atoms with van der Waals surface area (Å²) in [6.45, 7) is 2.14. The van der Waals surface area contributed by atoms with Crippen molar-refractivity contribution in [2.24, 2.45) is 0 Å². The molecule has 3 atom stereocenters. The smallest absolute Gasteiger partial charge is 0.462 e. The number of unbranched alkanes of at least 4 members (excludes halogenated alkanes) is 10. The fraction of sp³-hybridized carbons (Fsp3) is 0.667. The molecule has 0 aromatic carbocycles. The molecule has 0 saturated carbocycles. The van der Waals surface area contributed by atoms with E-state index < -0.39 is 51.8 Å². The highest BCUT2D eigenvalue weighted by Crippen LogP contribution is 2.43. The molecule has 0 bridgehead atoms. The zero-order valence-corrected chi connectivity index (χ0v) is 33.6. The Kier molecular flexibility index (Phi) is 35.9. The highest BCUT2D eigenvalue weighted by molar-refractivity contribution is 7.47. The van der Waals surface area contributed by atoms with Crippen LogP contribution in [0.2, 0.25) is 0 Å². The lowest BCUT2D eigenvalue weighted by Crippen LogP contribution is -2.29. The van der Waals surface area contributed by atoms with Crippen molar-refractivity contribution in [3.63, 3.8) is 0 Å². The predicted molar refractivity (Wildman–Crippen MR) is 214 cm³/mol. The summed E-state index contributed by atoms with van der Waals surface area (Å²) < 4.78 is 32.6. The minimum Gasteiger partial charge on any atom is -0.462 e. The molecule has 0 aromatic heterocycles. The molecular formula is C42H71O10P. The van der Waals surface area contributed by atoms with Crippen LogP contribution in [0.1, 0.15) is 142 Å². The average molecular weight is 767 g/mol. The van der Waals surface area contributed by atoms with Gasteiger partial charge in [-0.1, -0.05) is 119 Å². The molecule has 11 heteroatoms. The van der Waals surface area contributed by atoms with Gasteiger partial charge in [-0.05, 0) is 83.5 Å². The van der Waals surface area contributed by atoms with Gasteiger partial charge >= 0.3 is 19.8 Å². The van der Waals surface area contributed by atoms with Gasteiger partial charge in [-0.15, -0.1) is 0 Å². The maximum atomic E-state index is 12.6. The normalized spacial score (nSPS) is 14.7. The van der Waals surface area contributed by atoms with E-state index in [0.717, 1.165) is 83.5 Å². The number of aliphatic hydroxyl groups excluding tert-OH is 2. The Labute approximate surface area is 320 Å². The van der Waals surface area contributed by atoms with Gasteiger partial charge in [0.25, 0.3) is 0 Å². The van der Waals surface area contributed by atoms with Crippen LogP contribution in [0.5, 0.6) is 0 Å². The number of ether oxygens (including phenoxy) is 2. The maximum Gasteiger partial charge on any atom is 0.472 e. The fourth-order valence-electron chi connectivity index (χ4n) is 4.78. The highest BCUT2D eigenvalue weighted by atomic mass is 31.2. The van der Waals surface area contributed by atoms with Crippen LogP contribution >= 0.6 is 7.82 Å². The first-order chi connectivity index (χ1) is 25.7. The summed E-state index contributed by atoms with van der Waals surface area (Å²) in [6, 6.07) is 0. The number of carbonyl (C=O) groups is 2. The largest absolute Gasteiger partial charge is 0.472 e. The molecule has 0 saturated heterocycles. The minimum atomic E-state index is -4.63.